The summed E-state index contributed by atoms with van der Waals surface area (Å²) in [6.45, 7) is 0. The number of methoxy groups -OCH3 is 1. The number of ether oxygens (including phenoxy) is 1. The van der Waals surface area contributed by atoms with Gasteiger partial charge in [0.25, 0.3) is 5.91 Å². The first-order valence-electron chi connectivity index (χ1n) is 9.96. The zero-order valence-corrected chi connectivity index (χ0v) is 19.2. The van der Waals surface area contributed by atoms with Crippen molar-refractivity contribution in [3.63, 3.8) is 0 Å². The third kappa shape index (κ3) is 5.63. The Hall–Kier alpha value is -3.55. The van der Waals surface area contributed by atoms with Crippen LogP contribution < -0.4 is 5.32 Å². The number of para-hydroxylation sites is 1. The molecule has 3 aromatic carbocycles. The van der Waals surface area contributed by atoms with Crippen LogP contribution in [0.25, 0.3) is 11.3 Å². The van der Waals surface area contributed by atoms with E-state index in [0.717, 1.165) is 16.0 Å². The molecular formula is C25H19ClN2O4S. The number of nitrogens with zero attached hydrogens (tertiary/aromatic N) is 1. The van der Waals surface area contributed by atoms with Crippen LogP contribution >= 0.6 is 23.4 Å². The van der Waals surface area contributed by atoms with Crippen molar-refractivity contribution >= 4 is 40.9 Å². The Morgan fingerprint density at radius 1 is 1.03 bits per heavy atom. The molecule has 1 heterocycles. The standard InChI is InChI=1S/C25H19ClN2O4S/c1-31-25(30)18-8-6-16(7-9-18)15-33-23-5-3-2-4-20(23)27-24(29)21-14-22(32-28-21)17-10-12-19(26)13-11-17/h2-14H,15H2,1H3,(H,27,29). The Balaban J connectivity index is 1.43. The fraction of sp³-hybridized carbons (Fsp3) is 0.0800. The molecule has 33 heavy (non-hydrogen) atoms. The van der Waals surface area contributed by atoms with Gasteiger partial charge in [0.1, 0.15) is 0 Å². The fourth-order valence-corrected chi connectivity index (χ4v) is 4.12. The molecule has 0 aliphatic carbocycles. The van der Waals surface area contributed by atoms with E-state index < -0.39 is 0 Å². The molecule has 1 N–H and O–H groups in total. The number of carbonyl (C=O) groups excluding carboxylic acids is 2. The molecule has 4 rings (SSSR count). The molecule has 166 valence electrons. The minimum Gasteiger partial charge on any atom is -0.465 e. The lowest BCUT2D eigenvalue weighted by atomic mass is 10.1. The minimum atomic E-state index is -0.366. The molecule has 0 saturated heterocycles. The van der Waals surface area contributed by atoms with Gasteiger partial charge in [0, 0.05) is 27.3 Å². The number of anilines is 1. The SMILES string of the molecule is COC(=O)c1ccc(CSc2ccccc2NC(=O)c2cc(-c3ccc(Cl)cc3)on2)cc1. The number of benzene rings is 3. The number of amides is 1. The average Bonchev–Trinajstić information content (AvgIpc) is 3.34. The first-order chi connectivity index (χ1) is 16.0. The van der Waals surface area contributed by atoms with Gasteiger partial charge in [-0.05, 0) is 54.1 Å². The summed E-state index contributed by atoms with van der Waals surface area (Å²) in [6.07, 6.45) is 0. The van der Waals surface area contributed by atoms with Crippen molar-refractivity contribution in [2.24, 2.45) is 0 Å². The monoisotopic (exact) mass is 478 g/mol. The second-order valence-corrected chi connectivity index (χ2v) is 8.46. The number of aromatic nitrogens is 1. The zero-order valence-electron chi connectivity index (χ0n) is 17.6. The van der Waals surface area contributed by atoms with E-state index in [4.69, 9.17) is 20.9 Å². The predicted molar refractivity (Wildman–Crippen MR) is 129 cm³/mol. The third-order valence-electron chi connectivity index (χ3n) is 4.78. The highest BCUT2D eigenvalue weighted by molar-refractivity contribution is 7.98. The number of carbonyl (C=O) groups is 2. The quantitative estimate of drug-likeness (QED) is 0.247. The smallest absolute Gasteiger partial charge is 0.337 e. The van der Waals surface area contributed by atoms with Crippen LogP contribution in [0.1, 0.15) is 26.4 Å². The minimum absolute atomic E-state index is 0.179. The van der Waals surface area contributed by atoms with E-state index in [1.807, 2.05) is 36.4 Å². The molecule has 0 fully saturated rings. The van der Waals surface area contributed by atoms with Gasteiger partial charge in [-0.1, -0.05) is 41.0 Å². The highest BCUT2D eigenvalue weighted by Gasteiger charge is 2.15. The average molecular weight is 479 g/mol. The van der Waals surface area contributed by atoms with Gasteiger partial charge >= 0.3 is 5.97 Å². The van der Waals surface area contributed by atoms with Gasteiger partial charge in [-0.3, -0.25) is 4.79 Å². The maximum atomic E-state index is 12.8. The summed E-state index contributed by atoms with van der Waals surface area (Å²) in [7, 11) is 1.36. The largest absolute Gasteiger partial charge is 0.465 e. The first-order valence-corrected chi connectivity index (χ1v) is 11.3. The Bertz CT molecular complexity index is 1270. The Labute approximate surface area is 199 Å². The summed E-state index contributed by atoms with van der Waals surface area (Å²) in [5, 5.41) is 7.42. The van der Waals surface area contributed by atoms with Crippen molar-refractivity contribution in [1.82, 2.24) is 5.16 Å². The zero-order chi connectivity index (χ0) is 23.2. The van der Waals surface area contributed by atoms with Crippen molar-refractivity contribution < 1.29 is 18.8 Å². The highest BCUT2D eigenvalue weighted by Crippen LogP contribution is 2.30. The van der Waals surface area contributed by atoms with Crippen molar-refractivity contribution in [3.05, 3.63) is 101 Å². The topological polar surface area (TPSA) is 81.4 Å². The summed E-state index contributed by atoms with van der Waals surface area (Å²) < 4.78 is 10.1. The third-order valence-corrected chi connectivity index (χ3v) is 6.17. The molecule has 0 bridgehead atoms. The summed E-state index contributed by atoms with van der Waals surface area (Å²) in [4.78, 5) is 25.2. The van der Waals surface area contributed by atoms with Gasteiger partial charge in [0.15, 0.2) is 11.5 Å². The van der Waals surface area contributed by atoms with Crippen LogP contribution in [0.5, 0.6) is 0 Å². The molecule has 1 aromatic heterocycles. The van der Waals surface area contributed by atoms with Crippen LogP contribution in [-0.2, 0) is 10.5 Å². The number of hydrogen-bond acceptors (Lipinski definition) is 6. The molecule has 0 aliphatic rings. The van der Waals surface area contributed by atoms with Gasteiger partial charge in [-0.2, -0.15) is 0 Å². The Morgan fingerprint density at radius 3 is 2.48 bits per heavy atom. The van der Waals surface area contributed by atoms with Crippen LogP contribution in [0.2, 0.25) is 5.02 Å². The molecule has 0 radical (unpaired) electrons. The van der Waals surface area contributed by atoms with Gasteiger partial charge in [-0.15, -0.1) is 11.8 Å². The second kappa shape index (κ2) is 10.4. The molecule has 0 spiro atoms. The summed E-state index contributed by atoms with van der Waals surface area (Å²) in [6, 6.07) is 23.5. The fourth-order valence-electron chi connectivity index (χ4n) is 3.03. The summed E-state index contributed by atoms with van der Waals surface area (Å²) >= 11 is 7.49. The van der Waals surface area contributed by atoms with Crippen LogP contribution in [0.15, 0.2) is 88.3 Å². The molecule has 8 heteroatoms. The molecule has 0 saturated carbocycles. The molecule has 6 nitrogen and oxygen atoms in total. The lowest BCUT2D eigenvalue weighted by Gasteiger charge is -2.10. The lowest BCUT2D eigenvalue weighted by Crippen LogP contribution is -2.12. The molecule has 1 amide bonds. The number of halogens is 1. The van der Waals surface area contributed by atoms with E-state index in [0.29, 0.717) is 27.8 Å². The number of rotatable bonds is 7. The molecule has 0 atom stereocenters. The van der Waals surface area contributed by atoms with Gasteiger partial charge in [-0.25, -0.2) is 4.79 Å². The highest BCUT2D eigenvalue weighted by atomic mass is 35.5. The van der Waals surface area contributed by atoms with E-state index >= 15 is 0 Å². The normalized spacial score (nSPS) is 10.6. The maximum Gasteiger partial charge on any atom is 0.337 e. The van der Waals surface area contributed by atoms with Crippen LogP contribution in [0, 0.1) is 0 Å². The summed E-state index contributed by atoms with van der Waals surface area (Å²) in [5.74, 6) is 0.414. The van der Waals surface area contributed by atoms with Crippen LogP contribution in [0.4, 0.5) is 5.69 Å². The van der Waals surface area contributed by atoms with Crippen LogP contribution in [0.3, 0.4) is 0 Å². The molecule has 4 aromatic rings. The van der Waals surface area contributed by atoms with E-state index in [1.54, 1.807) is 54.2 Å². The van der Waals surface area contributed by atoms with Crippen molar-refractivity contribution in [2.75, 3.05) is 12.4 Å². The summed E-state index contributed by atoms with van der Waals surface area (Å²) in [5.41, 5.74) is 3.18. The number of thioether (sulfide) groups is 1. The number of esters is 1. The van der Waals surface area contributed by atoms with Gasteiger partial charge in [0.05, 0.1) is 18.4 Å². The molecule has 0 unspecified atom stereocenters. The predicted octanol–water partition coefficient (Wildman–Crippen LogP) is 6.33. The van der Waals surface area contributed by atoms with E-state index in [-0.39, 0.29) is 17.6 Å². The number of nitrogens with one attached hydrogen (secondary N) is 1. The lowest BCUT2D eigenvalue weighted by molar-refractivity contribution is 0.0600. The van der Waals surface area contributed by atoms with Gasteiger partial charge in [0.2, 0.25) is 0 Å². The van der Waals surface area contributed by atoms with Crippen molar-refractivity contribution in [2.45, 2.75) is 10.6 Å². The first kappa shape index (κ1) is 22.6. The Kier molecular flexibility index (Phi) is 7.12. The second-order valence-electron chi connectivity index (χ2n) is 7.01. The number of hydrogen-bond donors (Lipinski definition) is 1. The van der Waals surface area contributed by atoms with Crippen molar-refractivity contribution in [1.29, 1.82) is 0 Å². The van der Waals surface area contributed by atoms with Crippen molar-refractivity contribution in [3.8, 4) is 11.3 Å². The van der Waals surface area contributed by atoms with Crippen LogP contribution in [-0.4, -0.2) is 24.1 Å². The maximum absolute atomic E-state index is 12.8. The molecular weight excluding hydrogens is 460 g/mol. The van der Waals surface area contributed by atoms with Gasteiger partial charge < -0.3 is 14.6 Å². The van der Waals surface area contributed by atoms with E-state index in [1.165, 1.54) is 7.11 Å². The Morgan fingerprint density at radius 2 is 1.76 bits per heavy atom. The van der Waals surface area contributed by atoms with E-state index in [9.17, 15) is 9.59 Å². The van der Waals surface area contributed by atoms with E-state index in [2.05, 4.69) is 10.5 Å². The molecule has 0 aliphatic heterocycles.